The number of furan rings is 2. The predicted octanol–water partition coefficient (Wildman–Crippen LogP) is 4.71. The maximum Gasteiger partial charge on any atom is 0.293 e. The highest BCUT2D eigenvalue weighted by Crippen LogP contribution is 2.23. The van der Waals surface area contributed by atoms with E-state index in [9.17, 15) is 9.59 Å². The second-order valence-corrected chi connectivity index (χ2v) is 6.93. The second kappa shape index (κ2) is 8.22. The van der Waals surface area contributed by atoms with E-state index in [-0.39, 0.29) is 22.5 Å². The van der Waals surface area contributed by atoms with Crippen LogP contribution in [0.3, 0.4) is 0 Å². The van der Waals surface area contributed by atoms with Crippen LogP contribution in [0.4, 0.5) is 11.4 Å². The van der Waals surface area contributed by atoms with E-state index < -0.39 is 5.91 Å². The zero-order chi connectivity index (χ0) is 21.1. The molecule has 0 saturated carbocycles. The van der Waals surface area contributed by atoms with Crippen LogP contribution in [0.2, 0.25) is 0 Å². The Labute approximate surface area is 177 Å². The molecule has 0 fully saturated rings. The summed E-state index contributed by atoms with van der Waals surface area (Å²) in [6, 6.07) is 17.6. The number of hydrogen-bond acceptors (Lipinski definition) is 5. The van der Waals surface area contributed by atoms with E-state index >= 15 is 0 Å². The molecule has 0 aliphatic rings. The maximum atomic E-state index is 12.5. The molecule has 2 aromatic carbocycles. The Morgan fingerprint density at radius 1 is 0.900 bits per heavy atom. The topological polar surface area (TPSA) is 96.5 Å². The van der Waals surface area contributed by atoms with Crippen molar-refractivity contribution in [3.05, 3.63) is 84.0 Å². The van der Waals surface area contributed by atoms with Gasteiger partial charge in [0.2, 0.25) is 0 Å². The lowest BCUT2D eigenvalue weighted by Gasteiger charge is -2.12. The van der Waals surface area contributed by atoms with Crippen molar-refractivity contribution in [3.8, 4) is 0 Å². The molecule has 0 bridgehead atoms. The summed E-state index contributed by atoms with van der Waals surface area (Å²) in [5.74, 6) is -0.376. The summed E-state index contributed by atoms with van der Waals surface area (Å²) in [5.41, 5.74) is 2.77. The molecule has 30 heavy (non-hydrogen) atoms. The van der Waals surface area contributed by atoms with Crippen molar-refractivity contribution < 1.29 is 18.4 Å². The molecule has 2 heterocycles. The van der Waals surface area contributed by atoms with Crippen LogP contribution in [0.1, 0.15) is 26.7 Å². The number of para-hydroxylation sites is 1. The van der Waals surface area contributed by atoms with Crippen molar-refractivity contribution in [1.82, 2.24) is 5.32 Å². The molecule has 3 N–H and O–H groups in total. The highest BCUT2D eigenvalue weighted by Gasteiger charge is 2.14. The zero-order valence-electron chi connectivity index (χ0n) is 15.9. The minimum Gasteiger partial charge on any atom is -0.459 e. The van der Waals surface area contributed by atoms with Gasteiger partial charge in [-0.05, 0) is 67.2 Å². The lowest BCUT2D eigenvalue weighted by molar-refractivity contribution is 0.0949. The summed E-state index contributed by atoms with van der Waals surface area (Å²) < 4.78 is 10.6. The number of carbonyl (C=O) groups excluding carboxylic acids is 2. The summed E-state index contributed by atoms with van der Waals surface area (Å²) in [7, 11) is 0. The number of fused-ring (bicyclic) bond motifs is 1. The average molecular weight is 419 g/mol. The van der Waals surface area contributed by atoms with Gasteiger partial charge in [0.15, 0.2) is 16.6 Å². The largest absolute Gasteiger partial charge is 0.459 e. The number of hydrogen-bond donors (Lipinski definition) is 3. The Bertz CT molecular complexity index is 1210. The quantitative estimate of drug-likeness (QED) is 0.415. The maximum absolute atomic E-state index is 12.5. The summed E-state index contributed by atoms with van der Waals surface area (Å²) in [4.78, 5) is 24.5. The van der Waals surface area contributed by atoms with Crippen LogP contribution in [-0.4, -0.2) is 16.9 Å². The van der Waals surface area contributed by atoms with Gasteiger partial charge in [0.1, 0.15) is 5.58 Å². The van der Waals surface area contributed by atoms with Gasteiger partial charge in [-0.3, -0.25) is 14.9 Å². The van der Waals surface area contributed by atoms with E-state index in [1.165, 1.54) is 6.26 Å². The fourth-order valence-electron chi connectivity index (χ4n) is 2.89. The molecule has 2 amide bonds. The van der Waals surface area contributed by atoms with Crippen molar-refractivity contribution >= 4 is 51.5 Å². The second-order valence-electron chi connectivity index (χ2n) is 6.52. The van der Waals surface area contributed by atoms with Crippen molar-refractivity contribution in [2.75, 3.05) is 10.6 Å². The molecule has 0 atom stereocenters. The molecule has 2 aromatic heterocycles. The number of benzene rings is 2. The van der Waals surface area contributed by atoms with Gasteiger partial charge in [0.05, 0.1) is 6.26 Å². The number of rotatable bonds is 4. The standard InChI is InChI=1S/C22H17N3O4S/c1-13-11-15(23-22(30)25-20(26)18-7-4-10-28-18)8-9-16(13)24-21(27)19-12-14-5-2-3-6-17(14)29-19/h2-12H,1H3,(H,24,27)(H2,23,25,26,30). The van der Waals surface area contributed by atoms with Gasteiger partial charge in [-0.1, -0.05) is 18.2 Å². The molecule has 0 aliphatic carbocycles. The van der Waals surface area contributed by atoms with Gasteiger partial charge in [-0.15, -0.1) is 0 Å². The zero-order valence-corrected chi connectivity index (χ0v) is 16.7. The van der Waals surface area contributed by atoms with Gasteiger partial charge < -0.3 is 19.5 Å². The molecule has 8 heteroatoms. The average Bonchev–Trinajstić information content (AvgIpc) is 3.39. The Balaban J connectivity index is 1.40. The van der Waals surface area contributed by atoms with Crippen LogP contribution < -0.4 is 16.0 Å². The van der Waals surface area contributed by atoms with Crippen LogP contribution >= 0.6 is 12.2 Å². The number of thiocarbonyl (C=S) groups is 1. The first-order valence-corrected chi connectivity index (χ1v) is 9.47. The van der Waals surface area contributed by atoms with Crippen molar-refractivity contribution in [3.63, 3.8) is 0 Å². The van der Waals surface area contributed by atoms with E-state index in [0.717, 1.165) is 10.9 Å². The third-order valence-electron chi connectivity index (χ3n) is 4.35. The van der Waals surface area contributed by atoms with E-state index in [0.29, 0.717) is 17.0 Å². The SMILES string of the molecule is Cc1cc(NC(=S)NC(=O)c2ccco2)ccc1NC(=O)c1cc2ccccc2o1. The highest BCUT2D eigenvalue weighted by molar-refractivity contribution is 7.80. The van der Waals surface area contributed by atoms with E-state index in [1.54, 1.807) is 36.4 Å². The molecule has 0 radical (unpaired) electrons. The van der Waals surface area contributed by atoms with Gasteiger partial charge >= 0.3 is 0 Å². The monoisotopic (exact) mass is 419 g/mol. The van der Waals surface area contributed by atoms with Crippen molar-refractivity contribution in [2.45, 2.75) is 6.92 Å². The molecule has 0 saturated heterocycles. The third kappa shape index (κ3) is 4.23. The van der Waals surface area contributed by atoms with Crippen LogP contribution in [0.25, 0.3) is 11.0 Å². The van der Waals surface area contributed by atoms with Crippen LogP contribution in [0, 0.1) is 6.92 Å². The third-order valence-corrected chi connectivity index (χ3v) is 4.56. The van der Waals surface area contributed by atoms with Gasteiger partial charge in [-0.25, -0.2) is 0 Å². The molecule has 4 rings (SSSR count). The van der Waals surface area contributed by atoms with Crippen molar-refractivity contribution in [2.24, 2.45) is 0 Å². The molecule has 150 valence electrons. The summed E-state index contributed by atoms with van der Waals surface area (Å²) in [6.45, 7) is 1.85. The first-order valence-electron chi connectivity index (χ1n) is 9.06. The minimum atomic E-state index is -0.441. The fraction of sp³-hybridized carbons (Fsp3) is 0.0455. The molecule has 4 aromatic rings. The molecular formula is C22H17N3O4S. The molecule has 7 nitrogen and oxygen atoms in total. The number of amides is 2. The fourth-order valence-corrected chi connectivity index (χ4v) is 3.10. The van der Waals surface area contributed by atoms with Crippen LogP contribution in [-0.2, 0) is 0 Å². The summed E-state index contributed by atoms with van der Waals surface area (Å²) in [6.07, 6.45) is 1.41. The number of anilines is 2. The summed E-state index contributed by atoms with van der Waals surface area (Å²) in [5, 5.41) is 9.31. The molecule has 0 spiro atoms. The van der Waals surface area contributed by atoms with E-state index in [1.807, 2.05) is 31.2 Å². The van der Waals surface area contributed by atoms with Crippen LogP contribution in [0.15, 0.2) is 75.8 Å². The normalized spacial score (nSPS) is 10.6. The number of nitrogens with one attached hydrogen (secondary N) is 3. The lowest BCUT2D eigenvalue weighted by atomic mass is 10.1. The molecule has 0 aliphatic heterocycles. The van der Waals surface area contributed by atoms with E-state index in [2.05, 4.69) is 16.0 Å². The number of carbonyl (C=O) groups is 2. The number of aryl methyl sites for hydroxylation is 1. The lowest BCUT2D eigenvalue weighted by Crippen LogP contribution is -2.33. The van der Waals surface area contributed by atoms with Gasteiger partial charge in [-0.2, -0.15) is 0 Å². The highest BCUT2D eigenvalue weighted by atomic mass is 32.1. The smallest absolute Gasteiger partial charge is 0.293 e. The van der Waals surface area contributed by atoms with Gasteiger partial charge in [0.25, 0.3) is 11.8 Å². The molecule has 0 unspecified atom stereocenters. The Kier molecular flexibility index (Phi) is 5.32. The molecular weight excluding hydrogens is 402 g/mol. The van der Waals surface area contributed by atoms with Gasteiger partial charge in [0, 0.05) is 16.8 Å². The Hall–Kier alpha value is -3.91. The minimum absolute atomic E-state index is 0.134. The van der Waals surface area contributed by atoms with E-state index in [4.69, 9.17) is 21.1 Å². The van der Waals surface area contributed by atoms with Crippen molar-refractivity contribution in [1.29, 1.82) is 0 Å². The summed E-state index contributed by atoms with van der Waals surface area (Å²) >= 11 is 5.16. The first kappa shape index (κ1) is 19.4. The Morgan fingerprint density at radius 2 is 1.73 bits per heavy atom. The predicted molar refractivity (Wildman–Crippen MR) is 118 cm³/mol. The first-order chi connectivity index (χ1) is 14.5. The van der Waals surface area contributed by atoms with Crippen LogP contribution in [0.5, 0.6) is 0 Å². The Morgan fingerprint density at radius 3 is 2.47 bits per heavy atom.